The normalized spacial score (nSPS) is 52.5. The van der Waals surface area contributed by atoms with Gasteiger partial charge >= 0.3 is 0 Å². The van der Waals surface area contributed by atoms with Gasteiger partial charge in [-0.15, -0.1) is 6.58 Å². The highest BCUT2D eigenvalue weighted by Gasteiger charge is 2.61. The molecule has 0 heterocycles. The van der Waals surface area contributed by atoms with Crippen molar-refractivity contribution in [1.29, 1.82) is 0 Å². The number of carbonyl (C=O) groups excluding carboxylic acids is 2. The summed E-state index contributed by atoms with van der Waals surface area (Å²) in [5, 5.41) is 0. The van der Waals surface area contributed by atoms with Crippen molar-refractivity contribution in [1.82, 2.24) is 0 Å². The van der Waals surface area contributed by atoms with E-state index < -0.39 is 0 Å². The van der Waals surface area contributed by atoms with Crippen molar-refractivity contribution in [3.8, 4) is 0 Å². The molecule has 4 fully saturated rings. The van der Waals surface area contributed by atoms with Gasteiger partial charge in [-0.1, -0.05) is 19.9 Å². The van der Waals surface area contributed by atoms with Gasteiger partial charge in [0.2, 0.25) is 0 Å². The summed E-state index contributed by atoms with van der Waals surface area (Å²) in [6.07, 6.45) is 10.0. The Balaban J connectivity index is 1.72. The van der Waals surface area contributed by atoms with Crippen LogP contribution in [0.25, 0.3) is 0 Å². The van der Waals surface area contributed by atoms with Crippen LogP contribution < -0.4 is 0 Å². The maximum Gasteiger partial charge on any atom is 0.139 e. The molecule has 4 saturated carbocycles. The van der Waals surface area contributed by atoms with Crippen molar-refractivity contribution in [2.24, 2.45) is 40.4 Å². The average molecular weight is 314 g/mol. The molecule has 4 aliphatic rings. The second-order valence-electron chi connectivity index (χ2n) is 9.29. The first-order valence-corrected chi connectivity index (χ1v) is 9.57. The van der Waals surface area contributed by atoms with Crippen LogP contribution in [0.3, 0.4) is 0 Å². The zero-order valence-electron chi connectivity index (χ0n) is 14.6. The number of ketones is 2. The lowest BCUT2D eigenvalue weighted by Crippen LogP contribution is -2.56. The third-order valence-electron chi connectivity index (χ3n) is 8.59. The fraction of sp³-hybridized carbons (Fsp3) is 0.810. The van der Waals surface area contributed by atoms with Gasteiger partial charge in [0.1, 0.15) is 11.6 Å². The Morgan fingerprint density at radius 2 is 1.83 bits per heavy atom. The quantitative estimate of drug-likeness (QED) is 0.664. The highest BCUT2D eigenvalue weighted by atomic mass is 16.1. The zero-order chi connectivity index (χ0) is 16.4. The lowest BCUT2D eigenvalue weighted by atomic mass is 9.43. The molecule has 126 valence electrons. The molecule has 0 aromatic carbocycles. The van der Waals surface area contributed by atoms with Crippen LogP contribution in [0.5, 0.6) is 0 Å². The van der Waals surface area contributed by atoms with Crippen LogP contribution in [-0.4, -0.2) is 11.6 Å². The smallest absolute Gasteiger partial charge is 0.139 e. The van der Waals surface area contributed by atoms with Crippen LogP contribution in [0.1, 0.15) is 65.2 Å². The van der Waals surface area contributed by atoms with E-state index in [9.17, 15) is 9.59 Å². The molecule has 4 aliphatic carbocycles. The molecule has 0 aromatic heterocycles. The highest BCUT2D eigenvalue weighted by molar-refractivity contribution is 5.87. The van der Waals surface area contributed by atoms with Crippen molar-refractivity contribution >= 4 is 11.6 Å². The maximum atomic E-state index is 12.5. The number of hydrogen-bond donors (Lipinski definition) is 0. The molecule has 2 unspecified atom stereocenters. The minimum Gasteiger partial charge on any atom is -0.300 e. The van der Waals surface area contributed by atoms with E-state index in [1.807, 2.05) is 0 Å². The predicted octanol–water partition coefficient (Wildman–Crippen LogP) is 4.58. The van der Waals surface area contributed by atoms with Crippen molar-refractivity contribution < 1.29 is 9.59 Å². The first-order chi connectivity index (χ1) is 10.9. The van der Waals surface area contributed by atoms with Crippen molar-refractivity contribution in [3.05, 3.63) is 12.7 Å². The Bertz CT molecular complexity index is 564. The molecule has 2 heteroatoms. The third kappa shape index (κ3) is 1.99. The molecule has 0 bridgehead atoms. The summed E-state index contributed by atoms with van der Waals surface area (Å²) >= 11 is 0. The number of hydrogen-bond acceptors (Lipinski definition) is 2. The monoisotopic (exact) mass is 314 g/mol. The predicted molar refractivity (Wildman–Crippen MR) is 90.8 cm³/mol. The Labute approximate surface area is 140 Å². The summed E-state index contributed by atoms with van der Waals surface area (Å²) < 4.78 is 0. The highest BCUT2D eigenvalue weighted by Crippen LogP contribution is 2.66. The maximum absolute atomic E-state index is 12.5. The van der Waals surface area contributed by atoms with Crippen LogP contribution in [0.2, 0.25) is 0 Å². The lowest BCUT2D eigenvalue weighted by molar-refractivity contribution is -0.149. The molecule has 0 saturated heterocycles. The van der Waals surface area contributed by atoms with Gasteiger partial charge in [0, 0.05) is 24.7 Å². The van der Waals surface area contributed by atoms with E-state index in [4.69, 9.17) is 0 Å². The van der Waals surface area contributed by atoms with Gasteiger partial charge in [0.05, 0.1) is 0 Å². The van der Waals surface area contributed by atoms with E-state index >= 15 is 0 Å². The summed E-state index contributed by atoms with van der Waals surface area (Å²) in [4.78, 5) is 24.6. The van der Waals surface area contributed by atoms with Crippen LogP contribution in [0, 0.1) is 40.4 Å². The van der Waals surface area contributed by atoms with Gasteiger partial charge in [-0.3, -0.25) is 9.59 Å². The molecule has 7 atom stereocenters. The summed E-state index contributed by atoms with van der Waals surface area (Å²) in [6, 6.07) is 0. The zero-order valence-corrected chi connectivity index (χ0v) is 14.6. The Kier molecular flexibility index (Phi) is 3.42. The summed E-state index contributed by atoms with van der Waals surface area (Å²) in [6.45, 7) is 8.80. The summed E-state index contributed by atoms with van der Waals surface area (Å²) in [5.74, 6) is 3.87. The van der Waals surface area contributed by atoms with Gasteiger partial charge < -0.3 is 0 Å². The molecule has 0 spiro atoms. The van der Waals surface area contributed by atoms with E-state index in [1.165, 1.54) is 6.42 Å². The van der Waals surface area contributed by atoms with Crippen LogP contribution >= 0.6 is 0 Å². The number of allylic oxidation sites excluding steroid dienone is 1. The van der Waals surface area contributed by atoms with Gasteiger partial charge in [-0.2, -0.15) is 0 Å². The fourth-order valence-corrected chi connectivity index (χ4v) is 7.22. The molecule has 0 radical (unpaired) electrons. The molecule has 4 rings (SSSR count). The molecule has 0 aromatic rings. The van der Waals surface area contributed by atoms with Gasteiger partial charge in [-0.25, -0.2) is 0 Å². The van der Waals surface area contributed by atoms with Gasteiger partial charge in [0.15, 0.2) is 0 Å². The lowest BCUT2D eigenvalue weighted by Gasteiger charge is -2.61. The van der Waals surface area contributed by atoms with Gasteiger partial charge in [0.25, 0.3) is 0 Å². The first kappa shape index (κ1) is 15.6. The largest absolute Gasteiger partial charge is 0.300 e. The Morgan fingerprint density at radius 3 is 2.57 bits per heavy atom. The van der Waals surface area contributed by atoms with Crippen LogP contribution in [0.4, 0.5) is 0 Å². The topological polar surface area (TPSA) is 34.1 Å². The molecule has 23 heavy (non-hydrogen) atoms. The van der Waals surface area contributed by atoms with E-state index in [0.29, 0.717) is 41.2 Å². The fourth-order valence-electron chi connectivity index (χ4n) is 7.22. The average Bonchev–Trinajstić information content (AvgIpc) is 2.83. The number of rotatable bonds is 1. The second kappa shape index (κ2) is 5.04. The molecule has 2 nitrogen and oxygen atoms in total. The number of fused-ring (bicyclic) bond motifs is 5. The Hall–Kier alpha value is -0.920. The molecule has 0 amide bonds. The van der Waals surface area contributed by atoms with E-state index in [0.717, 1.165) is 44.9 Å². The minimum absolute atomic E-state index is 0.0550. The second-order valence-corrected chi connectivity index (χ2v) is 9.29. The van der Waals surface area contributed by atoms with E-state index in [-0.39, 0.29) is 10.8 Å². The molecular weight excluding hydrogens is 284 g/mol. The van der Waals surface area contributed by atoms with Gasteiger partial charge in [-0.05, 0) is 67.1 Å². The standard InChI is InChI=1S/C21H30O2/c1-4-13-11-15-16-5-6-19(23)21(16,3)10-8-17(15)20(2)9-7-14(22)12-18(13)20/h4,13,15-18H,1,5-12H2,2-3H3/t13?,15-,16-,17+,18?,20+,21-/m0/s1. The SMILES string of the molecule is C=CC1C[C@@H]2[C@@H](CC[C@]3(C)C(=O)CC[C@@H]23)[C@@]2(C)CCC(=O)CC12. The van der Waals surface area contributed by atoms with Crippen molar-refractivity contribution in [2.75, 3.05) is 0 Å². The number of carbonyl (C=O) groups is 2. The molecular formula is C21H30O2. The number of Topliss-reactive ketones (excluding diaryl/α,β-unsaturated/α-hetero) is 2. The van der Waals surface area contributed by atoms with Crippen molar-refractivity contribution in [2.45, 2.75) is 65.2 Å². The third-order valence-corrected chi connectivity index (χ3v) is 8.59. The first-order valence-electron chi connectivity index (χ1n) is 9.57. The van der Waals surface area contributed by atoms with E-state index in [1.54, 1.807) is 0 Å². The van der Waals surface area contributed by atoms with Crippen LogP contribution in [-0.2, 0) is 9.59 Å². The van der Waals surface area contributed by atoms with E-state index in [2.05, 4.69) is 26.5 Å². The molecule has 0 N–H and O–H groups in total. The minimum atomic E-state index is -0.0550. The van der Waals surface area contributed by atoms with Crippen LogP contribution in [0.15, 0.2) is 12.7 Å². The summed E-state index contributed by atoms with van der Waals surface area (Å²) in [5.41, 5.74) is 0.225. The van der Waals surface area contributed by atoms with Crippen molar-refractivity contribution in [3.63, 3.8) is 0 Å². The molecule has 0 aliphatic heterocycles. The summed E-state index contributed by atoms with van der Waals surface area (Å²) in [7, 11) is 0. The Morgan fingerprint density at radius 1 is 1.04 bits per heavy atom.